The Morgan fingerprint density at radius 3 is 2.04 bits per heavy atom. The van der Waals surface area contributed by atoms with Crippen LogP contribution >= 0.6 is 7.60 Å². The number of carbonyl (C=O) groups excluding carboxylic acids is 1. The fraction of sp³-hybridized carbons (Fsp3) is 0.837. The number of rotatable bonds is 37. The molecule has 7 atom stereocenters. The molecule has 1 heterocycles. The van der Waals surface area contributed by atoms with Crippen molar-refractivity contribution >= 4 is 13.5 Å². The number of nitrogens with one attached hydrogen (secondary N) is 1. The molecule has 2 N–H and O–H groups in total. The van der Waals surface area contributed by atoms with Gasteiger partial charge in [-0.1, -0.05) is 122 Å². The molecule has 11 heteroatoms. The smallest absolute Gasteiger partial charge is 0.331 e. The number of unbranched alkanes of at least 4 members (excludes halogenated alkanes) is 15. The Kier molecular flexibility index (Phi) is 31.7. The van der Waals surface area contributed by atoms with E-state index in [0.717, 1.165) is 51.4 Å². The lowest BCUT2D eigenvalue weighted by Gasteiger charge is -2.45. The van der Waals surface area contributed by atoms with E-state index < -0.39 is 38.2 Å². The van der Waals surface area contributed by atoms with Crippen molar-refractivity contribution in [3.05, 3.63) is 37.5 Å². The SMILES string of the molecule is C=CCCP(=O)(OCC=C)O[C@@H]1C(COC)OC(O)[C@H](NC(=O)CCCCCCCCC/C=C\CCCCCC)C1OCCC(CCCCCCC)OC. The number of carbonyl (C=O) groups is 1. The third-order valence-corrected chi connectivity index (χ3v) is 11.9. The van der Waals surface area contributed by atoms with Gasteiger partial charge in [0.05, 0.1) is 25.5 Å². The normalized spacial score (nSPS) is 21.9. The zero-order valence-electron chi connectivity index (χ0n) is 34.7. The summed E-state index contributed by atoms with van der Waals surface area (Å²) in [5.74, 6) is -0.207. The van der Waals surface area contributed by atoms with Gasteiger partial charge in [0, 0.05) is 27.2 Å². The van der Waals surface area contributed by atoms with Gasteiger partial charge in [-0.15, -0.1) is 13.2 Å². The van der Waals surface area contributed by atoms with Gasteiger partial charge in [-0.2, -0.15) is 0 Å². The van der Waals surface area contributed by atoms with Crippen LogP contribution in [-0.2, 0) is 37.4 Å². The first-order chi connectivity index (χ1) is 26.3. The molecule has 54 heavy (non-hydrogen) atoms. The van der Waals surface area contributed by atoms with Crippen LogP contribution in [0, 0.1) is 0 Å². The quantitative estimate of drug-likeness (QED) is 0.0360. The molecular weight excluding hydrogens is 705 g/mol. The van der Waals surface area contributed by atoms with Crippen LogP contribution in [0.3, 0.4) is 0 Å². The van der Waals surface area contributed by atoms with Gasteiger partial charge >= 0.3 is 7.60 Å². The monoisotopic (exact) mass is 786 g/mol. The molecule has 1 aliphatic heterocycles. The highest BCUT2D eigenvalue weighted by molar-refractivity contribution is 7.53. The predicted octanol–water partition coefficient (Wildman–Crippen LogP) is 10.4. The van der Waals surface area contributed by atoms with Gasteiger partial charge in [0.2, 0.25) is 5.91 Å². The van der Waals surface area contributed by atoms with Crippen LogP contribution in [0.2, 0.25) is 0 Å². The van der Waals surface area contributed by atoms with E-state index in [1.807, 2.05) is 0 Å². The molecule has 1 fully saturated rings. The molecule has 0 aromatic carbocycles. The van der Waals surface area contributed by atoms with E-state index >= 15 is 0 Å². The lowest BCUT2D eigenvalue weighted by molar-refractivity contribution is -0.259. The number of aliphatic hydroxyl groups is 1. The van der Waals surface area contributed by atoms with Crippen molar-refractivity contribution in [2.75, 3.05) is 40.2 Å². The summed E-state index contributed by atoms with van der Waals surface area (Å²) in [6.45, 7) is 12.2. The number of aliphatic hydroxyl groups excluding tert-OH is 1. The molecule has 0 radical (unpaired) electrons. The molecule has 0 saturated carbocycles. The van der Waals surface area contributed by atoms with Gasteiger partial charge < -0.3 is 33.9 Å². The minimum atomic E-state index is -3.71. The maximum atomic E-state index is 14.0. The molecule has 0 aromatic rings. The van der Waals surface area contributed by atoms with Crippen LogP contribution in [0.4, 0.5) is 0 Å². The highest BCUT2D eigenvalue weighted by Gasteiger charge is 2.50. The number of hydrogen-bond donors (Lipinski definition) is 2. The van der Waals surface area contributed by atoms with Crippen molar-refractivity contribution < 1.29 is 42.5 Å². The molecule has 0 aromatic heterocycles. The van der Waals surface area contributed by atoms with Gasteiger partial charge in [0.15, 0.2) is 6.29 Å². The standard InChI is InChI=1S/C43H80NO9P/c1-7-11-14-16-17-18-19-20-21-22-23-24-25-27-29-31-39(45)44-40-42(50-34-32-37(49-6)30-28-26-15-12-8-2)41(38(36-48-5)52-43(40)46)53-54(47,35-13-9-3)51-33-10-4/h9-10,18-19,37-38,40-43,46H,3-4,7-8,11-17,20-36H2,1-2,5-6H3,(H,44,45)/b19-18-/t37?,38?,40-,41-,42?,43?,54?/m1/s1. The lowest BCUT2D eigenvalue weighted by atomic mass is 9.96. The summed E-state index contributed by atoms with van der Waals surface area (Å²) in [7, 11) is -0.484. The summed E-state index contributed by atoms with van der Waals surface area (Å²) in [6, 6.07) is -0.969. The Balaban J connectivity index is 2.86. The summed E-state index contributed by atoms with van der Waals surface area (Å²) in [5.41, 5.74) is 0. The van der Waals surface area contributed by atoms with Gasteiger partial charge in [0.1, 0.15) is 24.4 Å². The zero-order chi connectivity index (χ0) is 39.7. The van der Waals surface area contributed by atoms with Crippen LogP contribution in [0.5, 0.6) is 0 Å². The van der Waals surface area contributed by atoms with E-state index in [9.17, 15) is 14.5 Å². The Bertz CT molecular complexity index is 995. The first-order valence-electron chi connectivity index (χ1n) is 21.3. The van der Waals surface area contributed by atoms with Crippen molar-refractivity contribution in [3.63, 3.8) is 0 Å². The largest absolute Gasteiger partial charge is 0.382 e. The highest BCUT2D eigenvalue weighted by atomic mass is 31.2. The first kappa shape index (κ1) is 50.7. The van der Waals surface area contributed by atoms with E-state index in [0.29, 0.717) is 19.3 Å². The second-order valence-electron chi connectivity index (χ2n) is 14.7. The maximum Gasteiger partial charge on any atom is 0.331 e. The third kappa shape index (κ3) is 23.6. The van der Waals surface area contributed by atoms with E-state index in [1.165, 1.54) is 83.8 Å². The molecule has 316 valence electrons. The van der Waals surface area contributed by atoms with Crippen LogP contribution in [0.1, 0.15) is 155 Å². The number of allylic oxidation sites excluding steroid dienone is 3. The molecule has 1 saturated heterocycles. The van der Waals surface area contributed by atoms with Gasteiger partial charge in [-0.25, -0.2) is 0 Å². The molecule has 0 aliphatic carbocycles. The lowest BCUT2D eigenvalue weighted by Crippen LogP contribution is -2.65. The van der Waals surface area contributed by atoms with Gasteiger partial charge in [-0.3, -0.25) is 13.9 Å². The third-order valence-electron chi connectivity index (χ3n) is 9.98. The predicted molar refractivity (Wildman–Crippen MR) is 221 cm³/mol. The molecule has 0 bridgehead atoms. The Morgan fingerprint density at radius 1 is 0.815 bits per heavy atom. The highest BCUT2D eigenvalue weighted by Crippen LogP contribution is 2.52. The van der Waals surface area contributed by atoms with Gasteiger partial charge in [0.25, 0.3) is 0 Å². The minimum Gasteiger partial charge on any atom is -0.382 e. The number of methoxy groups -OCH3 is 2. The average molecular weight is 786 g/mol. The maximum absolute atomic E-state index is 14.0. The summed E-state index contributed by atoms with van der Waals surface area (Å²) < 4.78 is 49.7. The summed E-state index contributed by atoms with van der Waals surface area (Å²) in [6.07, 6.45) is 27.2. The average Bonchev–Trinajstić information content (AvgIpc) is 3.16. The Morgan fingerprint density at radius 2 is 1.43 bits per heavy atom. The van der Waals surface area contributed by atoms with E-state index in [-0.39, 0.29) is 38.0 Å². The summed E-state index contributed by atoms with van der Waals surface area (Å²) >= 11 is 0. The number of hydrogen-bond acceptors (Lipinski definition) is 9. The van der Waals surface area contributed by atoms with Crippen LogP contribution in [0.25, 0.3) is 0 Å². The molecule has 1 aliphatic rings. The van der Waals surface area contributed by atoms with E-state index in [4.69, 9.17) is 28.0 Å². The molecule has 0 spiro atoms. The van der Waals surface area contributed by atoms with Crippen LogP contribution in [0.15, 0.2) is 37.5 Å². The summed E-state index contributed by atoms with van der Waals surface area (Å²) in [4.78, 5) is 13.3. The van der Waals surface area contributed by atoms with Crippen molar-refractivity contribution in [1.29, 1.82) is 0 Å². The van der Waals surface area contributed by atoms with Crippen molar-refractivity contribution in [1.82, 2.24) is 5.32 Å². The van der Waals surface area contributed by atoms with Crippen molar-refractivity contribution in [3.8, 4) is 0 Å². The number of ether oxygens (including phenoxy) is 4. The second-order valence-corrected chi connectivity index (χ2v) is 16.8. The fourth-order valence-electron chi connectivity index (χ4n) is 6.75. The summed E-state index contributed by atoms with van der Waals surface area (Å²) in [5, 5.41) is 14.2. The van der Waals surface area contributed by atoms with Crippen molar-refractivity contribution in [2.45, 2.75) is 192 Å². The van der Waals surface area contributed by atoms with Crippen LogP contribution in [-0.4, -0.2) is 88.0 Å². The molecule has 1 rings (SSSR count). The van der Waals surface area contributed by atoms with E-state index in [1.54, 1.807) is 13.2 Å². The number of amides is 1. The van der Waals surface area contributed by atoms with Crippen LogP contribution < -0.4 is 5.32 Å². The minimum absolute atomic E-state index is 0.00451. The fourth-order valence-corrected chi connectivity index (χ4v) is 8.51. The second kappa shape index (κ2) is 33.7. The topological polar surface area (TPSA) is 122 Å². The molecule has 1 amide bonds. The van der Waals surface area contributed by atoms with Gasteiger partial charge in [-0.05, 0) is 51.4 Å². The first-order valence-corrected chi connectivity index (χ1v) is 23.1. The molecular formula is C43H80NO9P. The van der Waals surface area contributed by atoms with E-state index in [2.05, 4.69) is 44.5 Å². The Labute approximate surface area is 330 Å². The zero-order valence-corrected chi connectivity index (χ0v) is 35.6. The molecule has 5 unspecified atom stereocenters. The van der Waals surface area contributed by atoms with Crippen molar-refractivity contribution in [2.24, 2.45) is 0 Å². The Hall–Kier alpha value is -1.36. The molecule has 10 nitrogen and oxygen atoms in total.